The van der Waals surface area contributed by atoms with Gasteiger partial charge in [0.15, 0.2) is 0 Å². The van der Waals surface area contributed by atoms with Crippen LogP contribution in [0.1, 0.15) is 55.0 Å². The first-order chi connectivity index (χ1) is 16.7. The van der Waals surface area contributed by atoms with Crippen molar-refractivity contribution in [2.45, 2.75) is 46.7 Å². The fourth-order valence-corrected chi connectivity index (χ4v) is 4.23. The van der Waals surface area contributed by atoms with Crippen LogP contribution in [0.15, 0.2) is 47.3 Å². The van der Waals surface area contributed by atoms with Crippen molar-refractivity contribution in [3.63, 3.8) is 0 Å². The molecule has 3 aromatic rings. The molecule has 1 unspecified atom stereocenters. The van der Waals surface area contributed by atoms with E-state index in [0.717, 1.165) is 0 Å². The predicted octanol–water partition coefficient (Wildman–Crippen LogP) is 4.51. The van der Waals surface area contributed by atoms with E-state index in [9.17, 15) is 19.7 Å². The molecule has 0 N–H and O–H groups in total. The van der Waals surface area contributed by atoms with Gasteiger partial charge in [0.05, 0.1) is 35.0 Å². The van der Waals surface area contributed by atoms with Gasteiger partial charge in [0.25, 0.3) is 17.2 Å². The number of nitro groups is 1. The van der Waals surface area contributed by atoms with E-state index >= 15 is 0 Å². The summed E-state index contributed by atoms with van der Waals surface area (Å²) in [5.41, 5.74) is 0.979. The van der Waals surface area contributed by atoms with E-state index in [0.29, 0.717) is 48.4 Å². The number of nitro benzene ring substituents is 1. The minimum absolute atomic E-state index is 0.103. The van der Waals surface area contributed by atoms with Crippen molar-refractivity contribution < 1.29 is 14.5 Å². The molecular formula is C26H32N4O5. The summed E-state index contributed by atoms with van der Waals surface area (Å²) < 4.78 is 6.82. The molecule has 1 aromatic heterocycles. The Kier molecular flexibility index (Phi) is 8.34. The summed E-state index contributed by atoms with van der Waals surface area (Å²) in [5, 5.41) is 12.0. The number of aryl methyl sites for hydroxylation is 1. The van der Waals surface area contributed by atoms with Gasteiger partial charge in [-0.3, -0.25) is 24.3 Å². The first kappa shape index (κ1) is 26.0. The summed E-state index contributed by atoms with van der Waals surface area (Å²) in [7, 11) is 1.56. The van der Waals surface area contributed by atoms with Gasteiger partial charge in [0, 0.05) is 30.8 Å². The molecule has 0 bridgehead atoms. The third-order valence-electron chi connectivity index (χ3n) is 5.95. The Bertz CT molecular complexity index is 1280. The molecule has 0 saturated heterocycles. The van der Waals surface area contributed by atoms with Crippen molar-refractivity contribution in [3.05, 3.63) is 79.9 Å². The number of amides is 1. The molecular weight excluding hydrogens is 448 g/mol. The second-order valence-electron chi connectivity index (χ2n) is 8.97. The van der Waals surface area contributed by atoms with E-state index in [1.807, 2.05) is 26.8 Å². The van der Waals surface area contributed by atoms with E-state index in [1.54, 1.807) is 53.8 Å². The molecule has 0 fully saturated rings. The summed E-state index contributed by atoms with van der Waals surface area (Å²) in [5.74, 6) is 0.256. The summed E-state index contributed by atoms with van der Waals surface area (Å²) in [6, 6.07) is 11.1. The third-order valence-corrected chi connectivity index (χ3v) is 5.95. The zero-order valence-corrected chi connectivity index (χ0v) is 20.9. The molecule has 0 aliphatic heterocycles. The lowest BCUT2D eigenvalue weighted by atomic mass is 10.0. The SMILES string of the molecule is CCC(c1nc2ccccc2c(=O)n1CCOC)N(CC(C)C)C(=O)c1ccc(C)c([N+](=O)[O-])c1. The number of aromatic nitrogens is 2. The van der Waals surface area contributed by atoms with Crippen molar-refractivity contribution in [2.75, 3.05) is 20.3 Å². The van der Waals surface area contributed by atoms with Crippen LogP contribution in [0.3, 0.4) is 0 Å². The Labute approximate surface area is 204 Å². The van der Waals surface area contributed by atoms with Gasteiger partial charge in [-0.15, -0.1) is 0 Å². The Morgan fingerprint density at radius 1 is 1.23 bits per heavy atom. The number of carbonyl (C=O) groups is 1. The summed E-state index contributed by atoms with van der Waals surface area (Å²) in [4.78, 5) is 44.7. The highest BCUT2D eigenvalue weighted by Crippen LogP contribution is 2.28. The summed E-state index contributed by atoms with van der Waals surface area (Å²) in [6.07, 6.45) is 0.504. The van der Waals surface area contributed by atoms with Crippen LogP contribution in [0.5, 0.6) is 0 Å². The lowest BCUT2D eigenvalue weighted by Gasteiger charge is -2.33. The number of fused-ring (bicyclic) bond motifs is 1. The quantitative estimate of drug-likeness (QED) is 0.312. The highest BCUT2D eigenvalue weighted by atomic mass is 16.6. The van der Waals surface area contributed by atoms with Crippen LogP contribution in [0.4, 0.5) is 5.69 Å². The minimum Gasteiger partial charge on any atom is -0.383 e. The van der Waals surface area contributed by atoms with E-state index in [2.05, 4.69) is 0 Å². The van der Waals surface area contributed by atoms with Crippen LogP contribution in [-0.2, 0) is 11.3 Å². The Hall–Kier alpha value is -3.59. The molecule has 1 heterocycles. The average molecular weight is 481 g/mol. The normalized spacial score (nSPS) is 12.2. The number of para-hydroxylation sites is 1. The number of rotatable bonds is 10. The van der Waals surface area contributed by atoms with Gasteiger partial charge in [-0.05, 0) is 37.5 Å². The van der Waals surface area contributed by atoms with Crippen LogP contribution in [0, 0.1) is 23.0 Å². The molecule has 0 spiro atoms. The van der Waals surface area contributed by atoms with Gasteiger partial charge >= 0.3 is 0 Å². The van der Waals surface area contributed by atoms with Crippen LogP contribution in [0.2, 0.25) is 0 Å². The molecule has 3 rings (SSSR count). The number of nitrogens with zero attached hydrogens (tertiary/aromatic N) is 4. The third kappa shape index (κ3) is 5.57. The van der Waals surface area contributed by atoms with E-state index in [-0.39, 0.29) is 28.6 Å². The number of carbonyl (C=O) groups excluding carboxylic acids is 1. The molecule has 35 heavy (non-hydrogen) atoms. The van der Waals surface area contributed by atoms with Crippen molar-refractivity contribution in [2.24, 2.45) is 5.92 Å². The highest BCUT2D eigenvalue weighted by Gasteiger charge is 2.30. The highest BCUT2D eigenvalue weighted by molar-refractivity contribution is 5.95. The Balaban J connectivity index is 2.19. The zero-order chi connectivity index (χ0) is 25.7. The lowest BCUT2D eigenvalue weighted by Crippen LogP contribution is -2.41. The zero-order valence-electron chi connectivity index (χ0n) is 20.9. The molecule has 0 aliphatic carbocycles. The largest absolute Gasteiger partial charge is 0.383 e. The predicted molar refractivity (Wildman–Crippen MR) is 135 cm³/mol. The molecule has 0 saturated carbocycles. The Morgan fingerprint density at radius 2 is 1.94 bits per heavy atom. The maximum atomic E-state index is 13.8. The van der Waals surface area contributed by atoms with E-state index < -0.39 is 11.0 Å². The maximum absolute atomic E-state index is 13.8. The van der Waals surface area contributed by atoms with Gasteiger partial charge in [0.2, 0.25) is 0 Å². The van der Waals surface area contributed by atoms with Crippen LogP contribution in [-0.4, -0.2) is 45.5 Å². The lowest BCUT2D eigenvalue weighted by molar-refractivity contribution is -0.385. The second-order valence-corrected chi connectivity index (χ2v) is 8.97. The van der Waals surface area contributed by atoms with Gasteiger partial charge in [-0.25, -0.2) is 4.98 Å². The van der Waals surface area contributed by atoms with Crippen LogP contribution < -0.4 is 5.56 Å². The maximum Gasteiger partial charge on any atom is 0.273 e. The molecule has 0 radical (unpaired) electrons. The van der Waals surface area contributed by atoms with Gasteiger partial charge < -0.3 is 9.64 Å². The number of benzene rings is 2. The molecule has 9 nitrogen and oxygen atoms in total. The second kappa shape index (κ2) is 11.2. The van der Waals surface area contributed by atoms with Crippen molar-refractivity contribution in [1.82, 2.24) is 14.5 Å². The van der Waals surface area contributed by atoms with Crippen LogP contribution in [0.25, 0.3) is 10.9 Å². The average Bonchev–Trinajstić information content (AvgIpc) is 2.83. The first-order valence-corrected chi connectivity index (χ1v) is 11.7. The monoisotopic (exact) mass is 480 g/mol. The molecule has 1 amide bonds. The summed E-state index contributed by atoms with van der Waals surface area (Å²) in [6.45, 7) is 8.56. The molecule has 0 aliphatic rings. The van der Waals surface area contributed by atoms with Gasteiger partial charge in [-0.1, -0.05) is 39.0 Å². The minimum atomic E-state index is -0.514. The fraction of sp³-hybridized carbons (Fsp3) is 0.423. The molecule has 9 heteroatoms. The number of hydrogen-bond donors (Lipinski definition) is 0. The van der Waals surface area contributed by atoms with Crippen LogP contribution >= 0.6 is 0 Å². The van der Waals surface area contributed by atoms with Gasteiger partial charge in [0.1, 0.15) is 5.82 Å². The van der Waals surface area contributed by atoms with Crippen molar-refractivity contribution in [1.29, 1.82) is 0 Å². The number of ether oxygens (including phenoxy) is 1. The first-order valence-electron chi connectivity index (χ1n) is 11.7. The Morgan fingerprint density at radius 3 is 2.57 bits per heavy atom. The molecule has 186 valence electrons. The van der Waals surface area contributed by atoms with E-state index in [1.165, 1.54) is 6.07 Å². The fourth-order valence-electron chi connectivity index (χ4n) is 4.23. The number of methoxy groups -OCH3 is 1. The molecule has 1 atom stereocenters. The molecule has 2 aromatic carbocycles. The summed E-state index contributed by atoms with van der Waals surface area (Å²) >= 11 is 0. The number of hydrogen-bond acceptors (Lipinski definition) is 6. The smallest absolute Gasteiger partial charge is 0.273 e. The van der Waals surface area contributed by atoms with Crippen molar-refractivity contribution in [3.8, 4) is 0 Å². The van der Waals surface area contributed by atoms with Gasteiger partial charge in [-0.2, -0.15) is 0 Å². The topological polar surface area (TPSA) is 108 Å². The van der Waals surface area contributed by atoms with Crippen molar-refractivity contribution >= 4 is 22.5 Å². The standard InChI is InChI=1S/C26H32N4O5/c1-6-22(24-27-21-10-8-7-9-20(21)26(32)28(24)13-14-35-5)29(16-17(2)3)25(31)19-12-11-18(4)23(15-19)30(33)34/h7-12,15,17,22H,6,13-14,16H2,1-5H3. The van der Waals surface area contributed by atoms with E-state index in [4.69, 9.17) is 9.72 Å².